The van der Waals surface area contributed by atoms with Crippen LogP contribution in [0.4, 0.5) is 0 Å². The third-order valence-corrected chi connectivity index (χ3v) is 4.18. The van der Waals surface area contributed by atoms with Crippen LogP contribution in [0.3, 0.4) is 0 Å². The molecule has 0 spiro atoms. The Morgan fingerprint density at radius 1 is 1.33 bits per heavy atom. The van der Waals surface area contributed by atoms with Crippen LogP contribution in [-0.4, -0.2) is 22.5 Å². The number of esters is 1. The highest BCUT2D eigenvalue weighted by Gasteiger charge is 2.27. The molecule has 1 saturated carbocycles. The van der Waals surface area contributed by atoms with E-state index < -0.39 is 5.92 Å². The van der Waals surface area contributed by atoms with Crippen molar-refractivity contribution >= 4 is 23.2 Å². The molecule has 114 valence electrons. The fourth-order valence-electron chi connectivity index (χ4n) is 2.74. The molecule has 1 aromatic rings. The van der Waals surface area contributed by atoms with Gasteiger partial charge in [-0.15, -0.1) is 0 Å². The Bertz CT molecular complexity index is 470. The Morgan fingerprint density at radius 3 is 2.62 bits per heavy atom. The highest BCUT2D eigenvalue weighted by molar-refractivity contribution is 7.80. The Kier molecular flexibility index (Phi) is 6.11. The molecule has 0 aliphatic heterocycles. The van der Waals surface area contributed by atoms with Gasteiger partial charge in [-0.3, -0.25) is 9.78 Å². The van der Waals surface area contributed by atoms with E-state index in [1.165, 1.54) is 25.7 Å². The van der Waals surface area contributed by atoms with Crippen molar-refractivity contribution in [3.05, 3.63) is 30.1 Å². The highest BCUT2D eigenvalue weighted by Crippen LogP contribution is 2.24. The molecule has 4 nitrogen and oxygen atoms in total. The second-order valence-corrected chi connectivity index (χ2v) is 6.05. The lowest BCUT2D eigenvalue weighted by molar-refractivity contribution is -0.145. The quantitative estimate of drug-likeness (QED) is 0.515. The zero-order valence-corrected chi connectivity index (χ0v) is 13.0. The maximum Gasteiger partial charge on any atom is 0.322 e. The van der Waals surface area contributed by atoms with E-state index in [1.807, 2.05) is 6.07 Å². The van der Waals surface area contributed by atoms with Gasteiger partial charge in [0.1, 0.15) is 5.92 Å². The van der Waals surface area contributed by atoms with E-state index in [1.54, 1.807) is 18.3 Å². The van der Waals surface area contributed by atoms with Gasteiger partial charge in [0.05, 0.1) is 17.3 Å². The minimum atomic E-state index is -0.744. The fourth-order valence-corrected chi connectivity index (χ4v) is 2.96. The number of nitrogens with two attached hydrogens (primary N) is 1. The predicted molar refractivity (Wildman–Crippen MR) is 85.9 cm³/mol. The van der Waals surface area contributed by atoms with Crippen molar-refractivity contribution in [3.8, 4) is 0 Å². The fraction of sp³-hybridized carbons (Fsp3) is 0.562. The molecule has 0 radical (unpaired) electrons. The molecule has 0 saturated heterocycles. The van der Waals surface area contributed by atoms with Crippen LogP contribution in [-0.2, 0) is 9.53 Å². The van der Waals surface area contributed by atoms with Crippen molar-refractivity contribution in [2.45, 2.75) is 44.4 Å². The summed E-state index contributed by atoms with van der Waals surface area (Å²) in [7, 11) is 0. The molecule has 0 bridgehead atoms. The molecule has 0 amide bonds. The van der Waals surface area contributed by atoms with Gasteiger partial charge in [-0.05, 0) is 30.9 Å². The van der Waals surface area contributed by atoms with Crippen LogP contribution in [0.5, 0.6) is 0 Å². The van der Waals surface area contributed by atoms with Crippen LogP contribution in [0.25, 0.3) is 0 Å². The van der Waals surface area contributed by atoms with E-state index in [0.717, 1.165) is 12.8 Å². The Labute approximate surface area is 131 Å². The summed E-state index contributed by atoms with van der Waals surface area (Å²) in [6.07, 6.45) is 8.91. The van der Waals surface area contributed by atoms with Crippen molar-refractivity contribution in [2.24, 2.45) is 11.7 Å². The van der Waals surface area contributed by atoms with Gasteiger partial charge in [0.25, 0.3) is 0 Å². The maximum atomic E-state index is 12.3. The number of hydrogen-bond donors (Lipinski definition) is 1. The summed E-state index contributed by atoms with van der Waals surface area (Å²) in [5.74, 6) is -0.662. The summed E-state index contributed by atoms with van der Waals surface area (Å²) in [6.45, 7) is 0.463. The third kappa shape index (κ3) is 4.77. The predicted octanol–water partition coefficient (Wildman–Crippen LogP) is 2.96. The molecular weight excluding hydrogens is 284 g/mol. The summed E-state index contributed by atoms with van der Waals surface area (Å²) in [5, 5.41) is 0. The maximum absolute atomic E-state index is 12.3. The van der Waals surface area contributed by atoms with Crippen molar-refractivity contribution in [3.63, 3.8) is 0 Å². The van der Waals surface area contributed by atoms with Crippen LogP contribution < -0.4 is 5.73 Å². The minimum absolute atomic E-state index is 0.111. The lowest BCUT2D eigenvalue weighted by Gasteiger charge is -2.18. The molecule has 5 heteroatoms. The number of nitrogens with zero attached hydrogens (tertiary/aromatic N) is 1. The molecular formula is C16H22N2O2S. The molecule has 2 rings (SSSR count). The summed E-state index contributed by atoms with van der Waals surface area (Å²) < 4.78 is 5.47. The number of carbonyl (C=O) groups is 1. The number of hydrogen-bond acceptors (Lipinski definition) is 4. The molecule has 1 unspecified atom stereocenters. The first-order valence-corrected chi connectivity index (χ1v) is 7.96. The van der Waals surface area contributed by atoms with E-state index in [4.69, 9.17) is 22.7 Å². The standard InChI is InChI=1S/C16H22N2O2S/c17-15(21)14(13-9-5-6-10-18-13)16(19)20-11-12-7-3-1-2-4-8-12/h5-6,9-10,12,14H,1-4,7-8,11H2,(H2,17,21). The van der Waals surface area contributed by atoms with Crippen molar-refractivity contribution in [1.29, 1.82) is 0 Å². The molecule has 1 fully saturated rings. The van der Waals surface area contributed by atoms with Crippen LogP contribution in [0.2, 0.25) is 0 Å². The second kappa shape index (κ2) is 8.08. The van der Waals surface area contributed by atoms with Crippen LogP contribution in [0, 0.1) is 5.92 Å². The van der Waals surface area contributed by atoms with Crippen LogP contribution in [0.1, 0.15) is 50.1 Å². The van der Waals surface area contributed by atoms with Gasteiger partial charge in [-0.25, -0.2) is 0 Å². The summed E-state index contributed by atoms with van der Waals surface area (Å²) in [5.41, 5.74) is 6.25. The monoisotopic (exact) mass is 306 g/mol. The van der Waals surface area contributed by atoms with Gasteiger partial charge in [0, 0.05) is 6.20 Å². The average Bonchev–Trinajstić information content (AvgIpc) is 2.74. The number of pyridine rings is 1. The van der Waals surface area contributed by atoms with Crippen LogP contribution in [0.15, 0.2) is 24.4 Å². The molecule has 1 aromatic heterocycles. The smallest absolute Gasteiger partial charge is 0.322 e. The zero-order chi connectivity index (χ0) is 15.1. The van der Waals surface area contributed by atoms with E-state index in [2.05, 4.69) is 4.98 Å². The first-order chi connectivity index (χ1) is 10.2. The topological polar surface area (TPSA) is 65.2 Å². The van der Waals surface area contributed by atoms with Gasteiger partial charge in [-0.2, -0.15) is 0 Å². The van der Waals surface area contributed by atoms with Crippen molar-refractivity contribution in [2.75, 3.05) is 6.61 Å². The second-order valence-electron chi connectivity index (χ2n) is 5.58. The number of rotatable bonds is 5. The molecule has 21 heavy (non-hydrogen) atoms. The molecule has 2 N–H and O–H groups in total. The molecule has 1 heterocycles. The lowest BCUT2D eigenvalue weighted by Crippen LogP contribution is -2.30. The summed E-state index contributed by atoms with van der Waals surface area (Å²) in [4.78, 5) is 16.6. The number of aromatic nitrogens is 1. The van der Waals surface area contributed by atoms with Gasteiger partial charge in [0.2, 0.25) is 0 Å². The molecule has 1 atom stereocenters. The highest BCUT2D eigenvalue weighted by atomic mass is 32.1. The average molecular weight is 306 g/mol. The zero-order valence-electron chi connectivity index (χ0n) is 12.2. The van der Waals surface area contributed by atoms with Crippen LogP contribution >= 0.6 is 12.2 Å². The van der Waals surface area contributed by atoms with Gasteiger partial charge in [-0.1, -0.05) is 44.0 Å². The number of carbonyl (C=O) groups excluding carboxylic acids is 1. The summed E-state index contributed by atoms with van der Waals surface area (Å²) >= 11 is 5.00. The lowest BCUT2D eigenvalue weighted by atomic mass is 10.0. The van der Waals surface area contributed by atoms with E-state index in [-0.39, 0.29) is 11.0 Å². The van der Waals surface area contributed by atoms with Gasteiger partial charge < -0.3 is 10.5 Å². The third-order valence-electron chi connectivity index (χ3n) is 3.94. The Morgan fingerprint density at radius 2 is 2.05 bits per heavy atom. The number of thiocarbonyl (C=S) groups is 1. The largest absolute Gasteiger partial charge is 0.465 e. The van der Waals surface area contributed by atoms with Crippen molar-refractivity contribution in [1.82, 2.24) is 4.98 Å². The van der Waals surface area contributed by atoms with E-state index >= 15 is 0 Å². The molecule has 0 aromatic carbocycles. The van der Waals surface area contributed by atoms with Gasteiger partial charge >= 0.3 is 5.97 Å². The first kappa shape index (κ1) is 15.9. The molecule has 1 aliphatic carbocycles. The normalized spacial score (nSPS) is 17.7. The van der Waals surface area contributed by atoms with Gasteiger partial charge in [0.15, 0.2) is 0 Å². The van der Waals surface area contributed by atoms with E-state index in [0.29, 0.717) is 18.2 Å². The Balaban J connectivity index is 1.94. The SMILES string of the molecule is NC(=S)C(C(=O)OCC1CCCCCC1)c1ccccn1. The van der Waals surface area contributed by atoms with E-state index in [9.17, 15) is 4.79 Å². The van der Waals surface area contributed by atoms with Crippen molar-refractivity contribution < 1.29 is 9.53 Å². The summed E-state index contributed by atoms with van der Waals surface area (Å²) in [6, 6.07) is 5.35. The molecule has 1 aliphatic rings. The number of ether oxygens (including phenoxy) is 1. The first-order valence-electron chi connectivity index (χ1n) is 7.55. The Hall–Kier alpha value is -1.49. The minimum Gasteiger partial charge on any atom is -0.465 e.